The number of nitrogens with zero attached hydrogens (tertiary/aromatic N) is 2. The van der Waals surface area contributed by atoms with Gasteiger partial charge >= 0.3 is 5.97 Å². The molecule has 0 unspecified atom stereocenters. The van der Waals surface area contributed by atoms with Gasteiger partial charge in [-0.1, -0.05) is 58.8 Å². The molecule has 0 aliphatic carbocycles. The molecule has 1 aromatic heterocycles. The highest BCUT2D eigenvalue weighted by Crippen LogP contribution is 2.31. The third-order valence-corrected chi connectivity index (χ3v) is 6.50. The van der Waals surface area contributed by atoms with Gasteiger partial charge in [-0.15, -0.1) is 0 Å². The Morgan fingerprint density at radius 1 is 1.25 bits per heavy atom. The van der Waals surface area contributed by atoms with Crippen molar-refractivity contribution < 1.29 is 13.9 Å². The summed E-state index contributed by atoms with van der Waals surface area (Å²) in [6.07, 6.45) is 1.43. The maximum absolute atomic E-state index is 14.3. The molecule has 8 heteroatoms. The maximum atomic E-state index is 14.3. The van der Waals surface area contributed by atoms with Gasteiger partial charge in [0.05, 0.1) is 33.5 Å². The first-order chi connectivity index (χ1) is 15.3. The fourth-order valence-electron chi connectivity index (χ4n) is 3.64. The van der Waals surface area contributed by atoms with Gasteiger partial charge in [-0.05, 0) is 44.5 Å². The lowest BCUT2D eigenvalue weighted by atomic mass is 9.95. The molecule has 1 aliphatic heterocycles. The summed E-state index contributed by atoms with van der Waals surface area (Å²) in [7, 11) is 0. The average Bonchev–Trinajstić information content (AvgIpc) is 3.05. The second kappa shape index (κ2) is 8.84. The van der Waals surface area contributed by atoms with Crippen LogP contribution in [-0.4, -0.2) is 17.1 Å². The molecule has 2 aromatic carbocycles. The highest BCUT2D eigenvalue weighted by Gasteiger charge is 2.33. The van der Waals surface area contributed by atoms with Crippen LogP contribution in [0.4, 0.5) is 4.39 Å². The highest BCUT2D eigenvalue weighted by molar-refractivity contribution is 7.07. The normalized spacial score (nSPS) is 16.0. The Kier molecular flexibility index (Phi) is 6.13. The van der Waals surface area contributed by atoms with Crippen LogP contribution < -0.4 is 14.9 Å². The molecule has 0 saturated carbocycles. The predicted molar refractivity (Wildman–Crippen MR) is 123 cm³/mol. The number of esters is 1. The van der Waals surface area contributed by atoms with E-state index in [2.05, 4.69) is 4.99 Å². The molecule has 0 N–H and O–H groups in total. The molecule has 0 spiro atoms. The minimum absolute atomic E-state index is 0.132. The number of fused-ring (bicyclic) bond motifs is 1. The Hall–Kier alpha value is -3.03. The number of hydrogen-bond donors (Lipinski definition) is 0. The molecular weight excluding hydrogens is 451 g/mol. The zero-order chi connectivity index (χ0) is 23.0. The van der Waals surface area contributed by atoms with Gasteiger partial charge in [-0.25, -0.2) is 14.2 Å². The van der Waals surface area contributed by atoms with Crippen molar-refractivity contribution in [3.63, 3.8) is 0 Å². The number of thiazole rings is 1. The fourth-order valence-corrected chi connectivity index (χ4v) is 4.88. The van der Waals surface area contributed by atoms with Crippen molar-refractivity contribution in [1.29, 1.82) is 0 Å². The quantitative estimate of drug-likeness (QED) is 0.543. The van der Waals surface area contributed by atoms with E-state index in [-0.39, 0.29) is 27.3 Å². The van der Waals surface area contributed by atoms with Gasteiger partial charge in [0.25, 0.3) is 5.56 Å². The molecule has 0 saturated heterocycles. The number of allylic oxidation sites excluding steroid dienone is 1. The number of halogens is 2. The maximum Gasteiger partial charge on any atom is 0.338 e. The minimum atomic E-state index is -0.704. The van der Waals surface area contributed by atoms with E-state index in [9.17, 15) is 14.0 Å². The van der Waals surface area contributed by atoms with E-state index in [4.69, 9.17) is 16.3 Å². The Labute approximate surface area is 192 Å². The summed E-state index contributed by atoms with van der Waals surface area (Å²) in [6.45, 7) is 5.60. The summed E-state index contributed by atoms with van der Waals surface area (Å²) in [6, 6.07) is 11.2. The topological polar surface area (TPSA) is 60.7 Å². The fraction of sp³-hybridized carbons (Fsp3) is 0.208. The van der Waals surface area contributed by atoms with Gasteiger partial charge in [0.2, 0.25) is 0 Å². The first kappa shape index (κ1) is 22.2. The lowest BCUT2D eigenvalue weighted by molar-refractivity contribution is -0.139. The van der Waals surface area contributed by atoms with Crippen molar-refractivity contribution in [2.45, 2.75) is 26.8 Å². The molecule has 5 nitrogen and oxygen atoms in total. The summed E-state index contributed by atoms with van der Waals surface area (Å²) in [5.41, 5.74) is 2.34. The summed E-state index contributed by atoms with van der Waals surface area (Å²) >= 11 is 7.28. The van der Waals surface area contributed by atoms with Crippen molar-refractivity contribution in [2.75, 3.05) is 6.61 Å². The monoisotopic (exact) mass is 470 g/mol. The van der Waals surface area contributed by atoms with Crippen LogP contribution in [0.2, 0.25) is 5.02 Å². The third-order valence-electron chi connectivity index (χ3n) is 5.19. The van der Waals surface area contributed by atoms with Crippen LogP contribution in [0.15, 0.2) is 63.5 Å². The number of carbonyl (C=O) groups is 1. The van der Waals surface area contributed by atoms with Crippen LogP contribution >= 0.6 is 22.9 Å². The molecule has 32 heavy (non-hydrogen) atoms. The van der Waals surface area contributed by atoms with Gasteiger partial charge < -0.3 is 4.74 Å². The lowest BCUT2D eigenvalue weighted by Crippen LogP contribution is -2.40. The van der Waals surface area contributed by atoms with Crippen LogP contribution in [0.5, 0.6) is 0 Å². The minimum Gasteiger partial charge on any atom is -0.463 e. The van der Waals surface area contributed by atoms with Crippen LogP contribution in [-0.2, 0) is 9.53 Å². The lowest BCUT2D eigenvalue weighted by Gasteiger charge is -2.24. The molecular formula is C24H20ClFN2O3S. The molecule has 1 atom stereocenters. The van der Waals surface area contributed by atoms with Crippen LogP contribution in [0.3, 0.4) is 0 Å². The second-order valence-electron chi connectivity index (χ2n) is 7.35. The van der Waals surface area contributed by atoms with E-state index in [1.807, 2.05) is 31.2 Å². The molecule has 0 amide bonds. The molecule has 0 fully saturated rings. The van der Waals surface area contributed by atoms with Crippen LogP contribution in [0, 0.1) is 12.7 Å². The van der Waals surface area contributed by atoms with Gasteiger partial charge in [0.15, 0.2) is 4.80 Å². The van der Waals surface area contributed by atoms with E-state index >= 15 is 0 Å². The Balaban J connectivity index is 1.99. The molecule has 164 valence electrons. The van der Waals surface area contributed by atoms with Crippen molar-refractivity contribution in [1.82, 2.24) is 4.57 Å². The zero-order valence-corrected chi connectivity index (χ0v) is 19.3. The van der Waals surface area contributed by atoms with E-state index < -0.39 is 17.8 Å². The smallest absolute Gasteiger partial charge is 0.338 e. The summed E-state index contributed by atoms with van der Waals surface area (Å²) in [4.78, 5) is 31.2. The largest absolute Gasteiger partial charge is 0.463 e. The number of carbonyl (C=O) groups excluding carboxylic acids is 1. The summed E-state index contributed by atoms with van der Waals surface area (Å²) < 4.78 is 21.3. The van der Waals surface area contributed by atoms with Crippen LogP contribution in [0.1, 0.15) is 36.6 Å². The highest BCUT2D eigenvalue weighted by atomic mass is 35.5. The zero-order valence-electron chi connectivity index (χ0n) is 17.7. The number of benzene rings is 2. The number of aromatic nitrogens is 1. The predicted octanol–water partition coefficient (Wildman–Crippen LogP) is 3.90. The van der Waals surface area contributed by atoms with Crippen molar-refractivity contribution in [3.8, 4) is 0 Å². The van der Waals surface area contributed by atoms with Gasteiger partial charge in [-0.2, -0.15) is 0 Å². The molecule has 4 rings (SSSR count). The number of aryl methyl sites for hydroxylation is 1. The van der Waals surface area contributed by atoms with Gasteiger partial charge in [0, 0.05) is 5.56 Å². The molecule has 3 aromatic rings. The van der Waals surface area contributed by atoms with Crippen LogP contribution in [0.25, 0.3) is 6.08 Å². The third kappa shape index (κ3) is 3.94. The molecule has 0 radical (unpaired) electrons. The Bertz CT molecular complexity index is 1400. The summed E-state index contributed by atoms with van der Waals surface area (Å²) in [5.74, 6) is -1.05. The first-order valence-electron chi connectivity index (χ1n) is 10.0. The summed E-state index contributed by atoms with van der Waals surface area (Å²) in [5, 5.41) is 0.203. The Morgan fingerprint density at radius 2 is 1.97 bits per heavy atom. The van der Waals surface area contributed by atoms with E-state index in [1.54, 1.807) is 19.9 Å². The average molecular weight is 471 g/mol. The van der Waals surface area contributed by atoms with Crippen molar-refractivity contribution in [2.24, 2.45) is 4.99 Å². The number of ether oxygens (including phenoxy) is 1. The number of hydrogen-bond acceptors (Lipinski definition) is 5. The molecule has 1 aliphatic rings. The second-order valence-corrected chi connectivity index (χ2v) is 8.76. The molecule has 0 bridgehead atoms. The van der Waals surface area contributed by atoms with Crippen molar-refractivity contribution >= 4 is 35.0 Å². The van der Waals surface area contributed by atoms with Gasteiger partial charge in [-0.3, -0.25) is 9.36 Å². The standard InChI is InChI=1S/C24H20ClFN2O3S/c1-4-31-23(30)20-14(3)27-24-28(21(20)15-10-8-13(2)9-11-15)22(29)19(32-24)12-16-17(25)6-5-7-18(16)26/h5-12,21H,4H2,1-3H3/t21-/m0/s1. The van der Waals surface area contributed by atoms with Gasteiger partial charge in [0.1, 0.15) is 5.82 Å². The van der Waals surface area contributed by atoms with E-state index in [0.717, 1.165) is 22.5 Å². The molecule has 2 heterocycles. The number of rotatable bonds is 4. The van der Waals surface area contributed by atoms with E-state index in [0.29, 0.717) is 16.1 Å². The first-order valence-corrected chi connectivity index (χ1v) is 11.2. The Morgan fingerprint density at radius 3 is 2.62 bits per heavy atom. The van der Waals surface area contributed by atoms with Crippen molar-refractivity contribution in [3.05, 3.63) is 101 Å². The van der Waals surface area contributed by atoms with E-state index in [1.165, 1.54) is 22.8 Å². The SMILES string of the molecule is CCOC(=O)C1=C(C)N=c2sc(=Cc3c(F)cccc3Cl)c(=O)n2[C@H]1c1ccc(C)cc1.